The second-order valence-electron chi connectivity index (χ2n) is 7.49. The van der Waals surface area contributed by atoms with Crippen molar-refractivity contribution in [3.63, 3.8) is 0 Å². The van der Waals surface area contributed by atoms with Crippen molar-refractivity contribution in [2.24, 2.45) is 0 Å². The number of hydrogen-bond acceptors (Lipinski definition) is 4. The maximum atomic E-state index is 13.3. The Hall–Kier alpha value is -3.32. The molecule has 0 aliphatic heterocycles. The number of nitrogens with zero attached hydrogens (tertiary/aromatic N) is 1. The Morgan fingerprint density at radius 2 is 1.56 bits per heavy atom. The third-order valence-corrected chi connectivity index (χ3v) is 7.31. The Labute approximate surface area is 189 Å². The van der Waals surface area contributed by atoms with E-state index in [-0.39, 0.29) is 17.0 Å². The van der Waals surface area contributed by atoms with Crippen LogP contribution >= 0.6 is 0 Å². The number of ether oxygens (including phenoxy) is 1. The van der Waals surface area contributed by atoms with E-state index in [1.165, 1.54) is 22.0 Å². The molecule has 168 valence electrons. The molecule has 0 fully saturated rings. The molecule has 0 radical (unpaired) electrons. The fourth-order valence-electron chi connectivity index (χ4n) is 3.44. The van der Waals surface area contributed by atoms with Crippen LogP contribution in [-0.4, -0.2) is 26.0 Å². The van der Waals surface area contributed by atoms with Gasteiger partial charge in [0.1, 0.15) is 11.5 Å². The van der Waals surface area contributed by atoms with Crippen LogP contribution in [0.25, 0.3) is 0 Å². The summed E-state index contributed by atoms with van der Waals surface area (Å²) in [6.07, 6.45) is 0.501. The third-order valence-electron chi connectivity index (χ3n) is 5.41. The molecular formula is C25H27NO5S. The number of carboxylic acids is 1. The van der Waals surface area contributed by atoms with E-state index in [1.54, 1.807) is 37.3 Å². The van der Waals surface area contributed by atoms with Gasteiger partial charge >= 0.3 is 5.97 Å². The normalized spacial score (nSPS) is 11.2. The summed E-state index contributed by atoms with van der Waals surface area (Å²) >= 11 is 0. The van der Waals surface area contributed by atoms with Gasteiger partial charge in [0.15, 0.2) is 0 Å². The average molecular weight is 454 g/mol. The Kier molecular flexibility index (Phi) is 6.89. The molecule has 0 bridgehead atoms. The lowest BCUT2D eigenvalue weighted by Crippen LogP contribution is -2.31. The molecule has 6 nitrogen and oxygen atoms in total. The second-order valence-corrected chi connectivity index (χ2v) is 9.35. The van der Waals surface area contributed by atoms with Gasteiger partial charge in [0.25, 0.3) is 10.0 Å². The highest BCUT2D eigenvalue weighted by Crippen LogP contribution is 2.29. The van der Waals surface area contributed by atoms with E-state index in [2.05, 4.69) is 0 Å². The first-order chi connectivity index (χ1) is 15.2. The minimum Gasteiger partial charge on any atom is -0.478 e. The third kappa shape index (κ3) is 4.78. The molecule has 0 spiro atoms. The topological polar surface area (TPSA) is 83.9 Å². The molecule has 3 aromatic carbocycles. The number of aryl methyl sites for hydroxylation is 3. The van der Waals surface area contributed by atoms with Crippen LogP contribution in [0.1, 0.15) is 40.9 Å². The van der Waals surface area contributed by atoms with Gasteiger partial charge in [0.2, 0.25) is 0 Å². The summed E-state index contributed by atoms with van der Waals surface area (Å²) in [5, 5.41) is 9.46. The van der Waals surface area contributed by atoms with Gasteiger partial charge in [-0.15, -0.1) is 0 Å². The van der Waals surface area contributed by atoms with Crippen LogP contribution in [-0.2, 0) is 16.4 Å². The molecule has 0 unspecified atom stereocenters. The zero-order valence-electron chi connectivity index (χ0n) is 18.6. The van der Waals surface area contributed by atoms with E-state index >= 15 is 0 Å². The molecule has 0 amide bonds. The van der Waals surface area contributed by atoms with Crippen LogP contribution in [0.5, 0.6) is 11.5 Å². The van der Waals surface area contributed by atoms with Crippen molar-refractivity contribution in [1.82, 2.24) is 0 Å². The van der Waals surface area contributed by atoms with Gasteiger partial charge in [0, 0.05) is 6.54 Å². The summed E-state index contributed by atoms with van der Waals surface area (Å²) < 4.78 is 33.7. The van der Waals surface area contributed by atoms with Crippen molar-refractivity contribution in [1.29, 1.82) is 0 Å². The molecule has 3 aromatic rings. The molecule has 3 rings (SSSR count). The summed E-state index contributed by atoms with van der Waals surface area (Å²) in [6, 6.07) is 16.9. The summed E-state index contributed by atoms with van der Waals surface area (Å²) in [5.41, 5.74) is 3.36. The fourth-order valence-corrected chi connectivity index (χ4v) is 4.94. The smallest absolute Gasteiger partial charge is 0.336 e. The Morgan fingerprint density at radius 3 is 2.12 bits per heavy atom. The first kappa shape index (κ1) is 23.3. The van der Waals surface area contributed by atoms with Crippen molar-refractivity contribution in [3.8, 4) is 11.5 Å². The van der Waals surface area contributed by atoms with Gasteiger partial charge < -0.3 is 9.84 Å². The van der Waals surface area contributed by atoms with Gasteiger partial charge in [0.05, 0.1) is 16.1 Å². The largest absolute Gasteiger partial charge is 0.478 e. The molecule has 0 aliphatic rings. The minimum atomic E-state index is -3.94. The zero-order chi connectivity index (χ0) is 23.5. The van der Waals surface area contributed by atoms with Crippen LogP contribution in [0.3, 0.4) is 0 Å². The molecule has 32 heavy (non-hydrogen) atoms. The van der Waals surface area contributed by atoms with E-state index in [4.69, 9.17) is 4.74 Å². The maximum Gasteiger partial charge on any atom is 0.336 e. The van der Waals surface area contributed by atoms with E-state index in [0.717, 1.165) is 5.56 Å². The van der Waals surface area contributed by atoms with Gasteiger partial charge in [-0.05, 0) is 92.4 Å². The average Bonchev–Trinajstić information content (AvgIpc) is 2.77. The fraction of sp³-hybridized carbons (Fsp3) is 0.240. The number of anilines is 1. The summed E-state index contributed by atoms with van der Waals surface area (Å²) in [5.74, 6) is 0.152. The van der Waals surface area contributed by atoms with Crippen molar-refractivity contribution in [3.05, 3.63) is 82.9 Å². The number of aromatic carboxylic acids is 1. The van der Waals surface area contributed by atoms with E-state index in [9.17, 15) is 18.3 Å². The van der Waals surface area contributed by atoms with E-state index < -0.39 is 16.0 Å². The second kappa shape index (κ2) is 9.44. The van der Waals surface area contributed by atoms with Gasteiger partial charge in [-0.1, -0.05) is 19.1 Å². The number of sulfonamides is 1. The van der Waals surface area contributed by atoms with Gasteiger partial charge in [-0.25, -0.2) is 13.2 Å². The van der Waals surface area contributed by atoms with Crippen molar-refractivity contribution in [2.75, 3.05) is 10.8 Å². The molecule has 7 heteroatoms. The number of carbonyl (C=O) groups is 1. The Bertz CT molecular complexity index is 1230. The van der Waals surface area contributed by atoms with Crippen LogP contribution in [0, 0.1) is 13.8 Å². The molecule has 1 N–H and O–H groups in total. The van der Waals surface area contributed by atoms with Gasteiger partial charge in [-0.3, -0.25) is 4.31 Å². The minimum absolute atomic E-state index is 0.00164. The standard InChI is InChI=1S/C25H27NO5S/c1-5-19-8-14-23(16-24(19)25(27)28)32(29,30)26(6-2)20-9-12-21(13-10-20)31-22-11-7-17(3)18(4)15-22/h7-16H,5-6H2,1-4H3,(H,27,28). The monoisotopic (exact) mass is 453 g/mol. The lowest BCUT2D eigenvalue weighted by atomic mass is 10.1. The zero-order valence-corrected chi connectivity index (χ0v) is 19.4. The first-order valence-electron chi connectivity index (χ1n) is 10.4. The van der Waals surface area contributed by atoms with Crippen molar-refractivity contribution < 1.29 is 23.1 Å². The lowest BCUT2D eigenvalue weighted by Gasteiger charge is -2.23. The predicted molar refractivity (Wildman–Crippen MR) is 125 cm³/mol. The first-order valence-corrected chi connectivity index (χ1v) is 11.9. The molecule has 0 aromatic heterocycles. The van der Waals surface area contributed by atoms with Crippen LogP contribution < -0.4 is 9.04 Å². The van der Waals surface area contributed by atoms with Crippen LogP contribution in [0.15, 0.2) is 65.6 Å². The number of carboxylic acid groups (broad SMARTS) is 1. The SMILES string of the molecule is CCc1ccc(S(=O)(=O)N(CC)c2ccc(Oc3ccc(C)c(C)c3)cc2)cc1C(=O)O. The van der Waals surface area contributed by atoms with E-state index in [0.29, 0.717) is 29.2 Å². The molecule has 0 saturated carbocycles. The van der Waals surface area contributed by atoms with Crippen molar-refractivity contribution in [2.45, 2.75) is 39.0 Å². The Morgan fingerprint density at radius 1 is 0.906 bits per heavy atom. The molecule has 0 aliphatic carbocycles. The quantitative estimate of drug-likeness (QED) is 0.482. The molecule has 0 heterocycles. The van der Waals surface area contributed by atoms with Crippen LogP contribution in [0.2, 0.25) is 0 Å². The highest BCUT2D eigenvalue weighted by atomic mass is 32.2. The summed E-state index contributed by atoms with van der Waals surface area (Å²) in [6.45, 7) is 7.80. The number of hydrogen-bond donors (Lipinski definition) is 1. The highest BCUT2D eigenvalue weighted by molar-refractivity contribution is 7.92. The predicted octanol–water partition coefficient (Wildman–Crippen LogP) is 5.57. The van der Waals surface area contributed by atoms with E-state index in [1.807, 2.05) is 39.0 Å². The van der Waals surface area contributed by atoms with Crippen molar-refractivity contribution >= 4 is 21.7 Å². The maximum absolute atomic E-state index is 13.3. The molecule has 0 saturated heterocycles. The van der Waals surface area contributed by atoms with Crippen LogP contribution in [0.4, 0.5) is 5.69 Å². The van der Waals surface area contributed by atoms with Gasteiger partial charge in [-0.2, -0.15) is 0 Å². The highest BCUT2D eigenvalue weighted by Gasteiger charge is 2.25. The molecule has 0 atom stereocenters. The Balaban J connectivity index is 1.89. The number of benzene rings is 3. The summed E-state index contributed by atoms with van der Waals surface area (Å²) in [4.78, 5) is 11.5. The summed E-state index contributed by atoms with van der Waals surface area (Å²) in [7, 11) is -3.94. The number of rotatable bonds is 8. The lowest BCUT2D eigenvalue weighted by molar-refractivity contribution is 0.0695. The molecular weight excluding hydrogens is 426 g/mol.